The van der Waals surface area contributed by atoms with Crippen LogP contribution in [0.2, 0.25) is 5.02 Å². The van der Waals surface area contributed by atoms with Gasteiger partial charge in [-0.3, -0.25) is 19.7 Å². The summed E-state index contributed by atoms with van der Waals surface area (Å²) < 4.78 is 17.9. The Hall–Kier alpha value is -2.02. The smallest absolute Gasteiger partial charge is 0.313 e. The van der Waals surface area contributed by atoms with E-state index in [4.69, 9.17) is 11.6 Å². The average Bonchev–Trinajstić information content (AvgIpc) is 2.32. The second kappa shape index (κ2) is 6.24. The van der Waals surface area contributed by atoms with Crippen LogP contribution in [0.4, 0.5) is 10.1 Å². The van der Waals surface area contributed by atoms with E-state index in [1.165, 1.54) is 0 Å². The molecule has 0 unspecified atom stereocenters. The van der Waals surface area contributed by atoms with E-state index in [2.05, 4.69) is 4.74 Å². The molecule has 6 nitrogen and oxygen atoms in total. The van der Waals surface area contributed by atoms with Crippen molar-refractivity contribution in [3.63, 3.8) is 0 Å². The van der Waals surface area contributed by atoms with Gasteiger partial charge in [0, 0.05) is 11.6 Å². The number of ketones is 1. The fourth-order valence-corrected chi connectivity index (χ4v) is 1.53. The molecule has 0 radical (unpaired) electrons. The SMILES string of the molecule is CCOC(=O)CC(=O)c1cc(Cl)c(F)c([N+](=O)[O-])c1. The first kappa shape index (κ1) is 15.0. The third kappa shape index (κ3) is 3.72. The lowest BCUT2D eigenvalue weighted by Gasteiger charge is -2.03. The van der Waals surface area contributed by atoms with Crippen molar-refractivity contribution in [2.24, 2.45) is 0 Å². The van der Waals surface area contributed by atoms with E-state index in [0.717, 1.165) is 12.1 Å². The van der Waals surface area contributed by atoms with Gasteiger partial charge in [0.15, 0.2) is 5.78 Å². The molecule has 0 saturated heterocycles. The first-order valence-electron chi connectivity index (χ1n) is 5.19. The van der Waals surface area contributed by atoms with Gasteiger partial charge in [0.2, 0.25) is 5.82 Å². The van der Waals surface area contributed by atoms with Crippen molar-refractivity contribution in [3.05, 3.63) is 38.7 Å². The van der Waals surface area contributed by atoms with E-state index in [-0.39, 0.29) is 12.2 Å². The van der Waals surface area contributed by atoms with E-state index < -0.39 is 39.6 Å². The Balaban J connectivity index is 3.05. The summed E-state index contributed by atoms with van der Waals surface area (Å²) in [5, 5.41) is 10.0. The Kier molecular flexibility index (Phi) is 4.94. The molecular formula is C11H9ClFNO5. The summed E-state index contributed by atoms with van der Waals surface area (Å²) >= 11 is 5.46. The van der Waals surface area contributed by atoms with Gasteiger partial charge in [0.05, 0.1) is 16.6 Å². The van der Waals surface area contributed by atoms with E-state index in [1.54, 1.807) is 6.92 Å². The molecular weight excluding hydrogens is 281 g/mol. The molecule has 0 bridgehead atoms. The van der Waals surface area contributed by atoms with Gasteiger partial charge < -0.3 is 4.74 Å². The molecule has 1 aromatic carbocycles. The molecule has 0 N–H and O–H groups in total. The molecule has 0 spiro atoms. The van der Waals surface area contributed by atoms with Crippen LogP contribution in [0.1, 0.15) is 23.7 Å². The number of nitro groups is 1. The van der Waals surface area contributed by atoms with Crippen LogP contribution >= 0.6 is 11.6 Å². The second-order valence-electron chi connectivity index (χ2n) is 3.45. The van der Waals surface area contributed by atoms with Crippen LogP contribution in [0.25, 0.3) is 0 Å². The standard InChI is InChI=1S/C11H9ClFNO5/c1-2-19-10(16)5-9(15)6-3-7(12)11(13)8(4-6)14(17)18/h3-4H,2,5H2,1H3. The number of carbonyl (C=O) groups is 2. The zero-order valence-corrected chi connectivity index (χ0v) is 10.6. The van der Waals surface area contributed by atoms with Crippen molar-refractivity contribution in [1.82, 2.24) is 0 Å². The monoisotopic (exact) mass is 289 g/mol. The molecule has 1 aromatic rings. The number of hydrogen-bond acceptors (Lipinski definition) is 5. The average molecular weight is 290 g/mol. The van der Waals surface area contributed by atoms with Gasteiger partial charge in [-0.1, -0.05) is 11.6 Å². The molecule has 0 aliphatic rings. The van der Waals surface area contributed by atoms with Gasteiger partial charge in [-0.15, -0.1) is 0 Å². The van der Waals surface area contributed by atoms with Gasteiger partial charge in [0.1, 0.15) is 6.42 Å². The van der Waals surface area contributed by atoms with Crippen LogP contribution in [0.3, 0.4) is 0 Å². The molecule has 0 heterocycles. The fraction of sp³-hybridized carbons (Fsp3) is 0.273. The minimum Gasteiger partial charge on any atom is -0.466 e. The van der Waals surface area contributed by atoms with Crippen molar-refractivity contribution >= 4 is 29.0 Å². The molecule has 0 fully saturated rings. The van der Waals surface area contributed by atoms with Crippen molar-refractivity contribution in [3.8, 4) is 0 Å². The number of esters is 1. The highest BCUT2D eigenvalue weighted by Gasteiger charge is 2.22. The molecule has 0 saturated carbocycles. The van der Waals surface area contributed by atoms with Crippen LogP contribution in [0.5, 0.6) is 0 Å². The fourth-order valence-electron chi connectivity index (χ4n) is 1.31. The molecule has 102 valence electrons. The van der Waals surface area contributed by atoms with Gasteiger partial charge in [-0.2, -0.15) is 4.39 Å². The van der Waals surface area contributed by atoms with Crippen LogP contribution in [0, 0.1) is 15.9 Å². The van der Waals surface area contributed by atoms with Gasteiger partial charge >= 0.3 is 11.7 Å². The summed E-state index contributed by atoms with van der Waals surface area (Å²) in [6, 6.07) is 1.67. The first-order valence-corrected chi connectivity index (χ1v) is 5.56. The van der Waals surface area contributed by atoms with Gasteiger partial charge in [-0.05, 0) is 13.0 Å². The predicted molar refractivity (Wildman–Crippen MR) is 63.6 cm³/mol. The summed E-state index contributed by atoms with van der Waals surface area (Å²) in [6.45, 7) is 1.68. The van der Waals surface area contributed by atoms with Crippen molar-refractivity contribution in [2.45, 2.75) is 13.3 Å². The minimum absolute atomic E-state index is 0.108. The molecule has 0 amide bonds. The normalized spacial score (nSPS) is 10.1. The molecule has 0 aliphatic carbocycles. The molecule has 1 rings (SSSR count). The third-order valence-corrected chi connectivity index (χ3v) is 2.41. The topological polar surface area (TPSA) is 86.5 Å². The second-order valence-corrected chi connectivity index (χ2v) is 3.86. The highest BCUT2D eigenvalue weighted by Crippen LogP contribution is 2.27. The van der Waals surface area contributed by atoms with Crippen LogP contribution < -0.4 is 0 Å². The number of benzene rings is 1. The lowest BCUT2D eigenvalue weighted by atomic mass is 10.1. The lowest BCUT2D eigenvalue weighted by Crippen LogP contribution is -2.12. The molecule has 0 atom stereocenters. The van der Waals surface area contributed by atoms with Gasteiger partial charge in [0.25, 0.3) is 0 Å². The summed E-state index contributed by atoms with van der Waals surface area (Å²) in [6.07, 6.45) is -0.590. The third-order valence-electron chi connectivity index (χ3n) is 2.14. The van der Waals surface area contributed by atoms with Crippen molar-refractivity contribution in [2.75, 3.05) is 6.61 Å². The predicted octanol–water partition coefficient (Wildman–Crippen LogP) is 2.52. The highest BCUT2D eigenvalue weighted by molar-refractivity contribution is 6.31. The number of halogens is 2. The number of Topliss-reactive ketones (excluding diaryl/α,β-unsaturated/α-hetero) is 1. The Bertz CT molecular complexity index is 546. The lowest BCUT2D eigenvalue weighted by molar-refractivity contribution is -0.387. The van der Waals surface area contributed by atoms with Gasteiger partial charge in [-0.25, -0.2) is 0 Å². The summed E-state index contributed by atoms with van der Waals surface area (Å²) in [4.78, 5) is 32.4. The van der Waals surface area contributed by atoms with E-state index in [9.17, 15) is 24.1 Å². The summed E-state index contributed by atoms with van der Waals surface area (Å²) in [7, 11) is 0. The van der Waals surface area contributed by atoms with Crippen molar-refractivity contribution in [1.29, 1.82) is 0 Å². The van der Waals surface area contributed by atoms with Crippen LogP contribution in [-0.2, 0) is 9.53 Å². The Morgan fingerprint density at radius 2 is 2.11 bits per heavy atom. The number of nitrogens with zero attached hydrogens (tertiary/aromatic N) is 1. The van der Waals surface area contributed by atoms with E-state index in [1.807, 2.05) is 0 Å². The minimum atomic E-state index is -1.22. The van der Waals surface area contributed by atoms with Crippen LogP contribution in [0.15, 0.2) is 12.1 Å². The quantitative estimate of drug-likeness (QED) is 0.273. The maximum Gasteiger partial charge on any atom is 0.313 e. The maximum absolute atomic E-state index is 13.3. The molecule has 0 aliphatic heterocycles. The number of rotatable bonds is 5. The van der Waals surface area contributed by atoms with Crippen LogP contribution in [-0.4, -0.2) is 23.3 Å². The Morgan fingerprint density at radius 3 is 2.63 bits per heavy atom. The van der Waals surface area contributed by atoms with E-state index >= 15 is 0 Å². The molecule has 8 heteroatoms. The highest BCUT2D eigenvalue weighted by atomic mass is 35.5. The largest absolute Gasteiger partial charge is 0.466 e. The van der Waals surface area contributed by atoms with E-state index in [0.29, 0.717) is 0 Å². The molecule has 0 aromatic heterocycles. The summed E-state index contributed by atoms with van der Waals surface area (Å²) in [5.41, 5.74) is -1.13. The summed E-state index contributed by atoms with van der Waals surface area (Å²) in [5.74, 6) is -2.72. The Labute approximate surface area is 112 Å². The number of ether oxygens (including phenoxy) is 1. The van der Waals surface area contributed by atoms with Crippen molar-refractivity contribution < 1.29 is 23.6 Å². The number of hydrogen-bond donors (Lipinski definition) is 0. The zero-order valence-electron chi connectivity index (χ0n) is 9.81. The maximum atomic E-state index is 13.3. The number of nitro benzene ring substituents is 1. The number of carbonyl (C=O) groups excluding carboxylic acids is 2. The zero-order chi connectivity index (χ0) is 14.6. The molecule has 19 heavy (non-hydrogen) atoms. The Morgan fingerprint density at radius 1 is 1.47 bits per heavy atom. The first-order chi connectivity index (χ1) is 8.86.